The van der Waals surface area contributed by atoms with Crippen LogP contribution in [0.15, 0.2) is 5.51 Å². The highest BCUT2D eigenvalue weighted by atomic mass is 32.1. The van der Waals surface area contributed by atoms with Crippen LogP contribution in [-0.4, -0.2) is 24.1 Å². The van der Waals surface area contributed by atoms with Gasteiger partial charge in [-0.3, -0.25) is 4.79 Å². The quantitative estimate of drug-likeness (QED) is 0.902. The van der Waals surface area contributed by atoms with Crippen molar-refractivity contribution in [3.63, 3.8) is 0 Å². The van der Waals surface area contributed by atoms with Gasteiger partial charge in [-0.1, -0.05) is 13.8 Å². The molecule has 1 aliphatic rings. The smallest absolute Gasteiger partial charge is 0.230 e. The SMILES string of the molecule is CC(C)c1ncsc1NC(=O)[C@H]1CCCOC1. The molecule has 1 aliphatic heterocycles. The topological polar surface area (TPSA) is 51.2 Å². The lowest BCUT2D eigenvalue weighted by molar-refractivity contribution is -0.123. The minimum atomic E-state index is -0.00846. The molecule has 94 valence electrons. The molecule has 0 radical (unpaired) electrons. The number of rotatable bonds is 3. The number of carbonyl (C=O) groups is 1. The largest absolute Gasteiger partial charge is 0.381 e. The third-order valence-electron chi connectivity index (χ3n) is 2.91. The zero-order valence-corrected chi connectivity index (χ0v) is 11.0. The van der Waals surface area contributed by atoms with Gasteiger partial charge in [0.2, 0.25) is 5.91 Å². The Bertz CT molecular complexity index is 384. The highest BCUT2D eigenvalue weighted by Gasteiger charge is 2.23. The van der Waals surface area contributed by atoms with Crippen LogP contribution < -0.4 is 5.32 Å². The number of aromatic nitrogens is 1. The van der Waals surface area contributed by atoms with Gasteiger partial charge >= 0.3 is 0 Å². The van der Waals surface area contributed by atoms with Gasteiger partial charge in [0.15, 0.2) is 0 Å². The third-order valence-corrected chi connectivity index (χ3v) is 3.67. The van der Waals surface area contributed by atoms with E-state index in [0.29, 0.717) is 12.5 Å². The summed E-state index contributed by atoms with van der Waals surface area (Å²) in [6.45, 7) is 5.48. The Morgan fingerprint density at radius 2 is 2.47 bits per heavy atom. The first kappa shape index (κ1) is 12.5. The first-order valence-electron chi connectivity index (χ1n) is 6.00. The van der Waals surface area contributed by atoms with E-state index in [9.17, 15) is 4.79 Å². The zero-order valence-electron chi connectivity index (χ0n) is 10.2. The summed E-state index contributed by atoms with van der Waals surface area (Å²) in [7, 11) is 0. The molecule has 2 rings (SSSR count). The number of ether oxygens (including phenoxy) is 1. The second kappa shape index (κ2) is 5.60. The van der Waals surface area contributed by atoms with Crippen LogP contribution in [0.25, 0.3) is 0 Å². The lowest BCUT2D eigenvalue weighted by Crippen LogP contribution is -2.30. The van der Waals surface area contributed by atoms with Crippen molar-refractivity contribution in [1.82, 2.24) is 4.98 Å². The van der Waals surface area contributed by atoms with Crippen LogP contribution in [0.1, 0.15) is 38.3 Å². The van der Waals surface area contributed by atoms with E-state index in [1.165, 1.54) is 11.3 Å². The highest BCUT2D eigenvalue weighted by Crippen LogP contribution is 2.28. The summed E-state index contributed by atoms with van der Waals surface area (Å²) in [6, 6.07) is 0. The Hall–Kier alpha value is -0.940. The monoisotopic (exact) mass is 254 g/mol. The van der Waals surface area contributed by atoms with Crippen LogP contribution in [0.5, 0.6) is 0 Å². The summed E-state index contributed by atoms with van der Waals surface area (Å²) < 4.78 is 5.33. The Labute approximate surface area is 105 Å². The fourth-order valence-electron chi connectivity index (χ4n) is 1.92. The van der Waals surface area contributed by atoms with Gasteiger partial charge in [-0.2, -0.15) is 0 Å². The van der Waals surface area contributed by atoms with Gasteiger partial charge in [0.05, 0.1) is 23.7 Å². The maximum absolute atomic E-state index is 12.0. The van der Waals surface area contributed by atoms with E-state index in [1.807, 2.05) is 0 Å². The second-order valence-electron chi connectivity index (χ2n) is 4.62. The molecule has 1 fully saturated rings. The standard InChI is InChI=1S/C12H18N2O2S/c1-8(2)10-12(17-7-13-10)14-11(15)9-4-3-5-16-6-9/h7-9H,3-6H2,1-2H3,(H,14,15)/t9-/m0/s1. The van der Waals surface area contributed by atoms with E-state index in [1.54, 1.807) is 5.51 Å². The average molecular weight is 254 g/mol. The van der Waals surface area contributed by atoms with Crippen molar-refractivity contribution in [2.24, 2.45) is 5.92 Å². The van der Waals surface area contributed by atoms with Crippen molar-refractivity contribution in [1.29, 1.82) is 0 Å². The van der Waals surface area contributed by atoms with Crippen LogP contribution in [0.3, 0.4) is 0 Å². The van der Waals surface area contributed by atoms with Gasteiger partial charge in [0.1, 0.15) is 5.00 Å². The predicted molar refractivity (Wildman–Crippen MR) is 68.4 cm³/mol. The minimum absolute atomic E-state index is 0.00846. The summed E-state index contributed by atoms with van der Waals surface area (Å²) in [4.78, 5) is 16.3. The van der Waals surface area contributed by atoms with Gasteiger partial charge in [-0.05, 0) is 18.8 Å². The number of anilines is 1. The molecule has 4 nitrogen and oxygen atoms in total. The first-order chi connectivity index (χ1) is 8.18. The molecule has 1 atom stereocenters. The van der Waals surface area contributed by atoms with Gasteiger partial charge in [-0.15, -0.1) is 11.3 Å². The molecule has 1 aromatic heterocycles. The van der Waals surface area contributed by atoms with E-state index >= 15 is 0 Å². The van der Waals surface area contributed by atoms with E-state index in [4.69, 9.17) is 4.74 Å². The molecule has 0 unspecified atom stereocenters. The van der Waals surface area contributed by atoms with Crippen molar-refractivity contribution in [3.05, 3.63) is 11.2 Å². The fourth-order valence-corrected chi connectivity index (χ4v) is 2.76. The van der Waals surface area contributed by atoms with Gasteiger partial charge in [-0.25, -0.2) is 4.98 Å². The summed E-state index contributed by atoms with van der Waals surface area (Å²) in [5.41, 5.74) is 2.75. The van der Waals surface area contributed by atoms with Crippen molar-refractivity contribution >= 4 is 22.2 Å². The molecule has 1 aromatic rings. The maximum atomic E-state index is 12.0. The molecule has 5 heteroatoms. The van der Waals surface area contributed by atoms with Crippen LogP contribution in [0, 0.1) is 5.92 Å². The zero-order chi connectivity index (χ0) is 12.3. The molecule has 1 N–H and O–H groups in total. The lowest BCUT2D eigenvalue weighted by Gasteiger charge is -2.21. The van der Waals surface area contributed by atoms with E-state index in [0.717, 1.165) is 30.1 Å². The van der Waals surface area contributed by atoms with E-state index < -0.39 is 0 Å². The molecule has 17 heavy (non-hydrogen) atoms. The average Bonchev–Trinajstić information content (AvgIpc) is 2.78. The molecule has 0 spiro atoms. The maximum Gasteiger partial charge on any atom is 0.230 e. The summed E-state index contributed by atoms with van der Waals surface area (Å²) >= 11 is 1.49. The molecular formula is C12H18N2O2S. The number of nitrogens with one attached hydrogen (secondary N) is 1. The molecule has 2 heterocycles. The Kier molecular flexibility index (Phi) is 4.12. The van der Waals surface area contributed by atoms with Crippen molar-refractivity contribution in [2.75, 3.05) is 18.5 Å². The van der Waals surface area contributed by atoms with Crippen LogP contribution in [0.2, 0.25) is 0 Å². The lowest BCUT2D eigenvalue weighted by atomic mass is 10.0. The fraction of sp³-hybridized carbons (Fsp3) is 0.667. The molecule has 0 saturated carbocycles. The number of carbonyl (C=O) groups excluding carboxylic acids is 1. The summed E-state index contributed by atoms with van der Waals surface area (Å²) in [6.07, 6.45) is 1.89. The number of thiazole rings is 1. The number of nitrogens with zero attached hydrogens (tertiary/aromatic N) is 1. The van der Waals surface area contributed by atoms with Gasteiger partial charge in [0.25, 0.3) is 0 Å². The Balaban J connectivity index is 1.99. The predicted octanol–water partition coefficient (Wildman–Crippen LogP) is 2.63. The van der Waals surface area contributed by atoms with E-state index in [-0.39, 0.29) is 11.8 Å². The third kappa shape index (κ3) is 3.04. The summed E-state index contributed by atoms with van der Waals surface area (Å²) in [5.74, 6) is 0.390. The number of amides is 1. The molecule has 1 saturated heterocycles. The van der Waals surface area contributed by atoms with Gasteiger partial charge in [0, 0.05) is 6.61 Å². The van der Waals surface area contributed by atoms with Crippen LogP contribution >= 0.6 is 11.3 Å². The van der Waals surface area contributed by atoms with Crippen molar-refractivity contribution < 1.29 is 9.53 Å². The molecule has 0 bridgehead atoms. The normalized spacial score (nSPS) is 20.5. The van der Waals surface area contributed by atoms with Crippen molar-refractivity contribution in [3.8, 4) is 0 Å². The second-order valence-corrected chi connectivity index (χ2v) is 5.48. The minimum Gasteiger partial charge on any atom is -0.381 e. The Morgan fingerprint density at radius 3 is 3.12 bits per heavy atom. The van der Waals surface area contributed by atoms with Crippen LogP contribution in [-0.2, 0) is 9.53 Å². The molecule has 1 amide bonds. The molecular weight excluding hydrogens is 236 g/mol. The highest BCUT2D eigenvalue weighted by molar-refractivity contribution is 7.14. The first-order valence-corrected chi connectivity index (χ1v) is 6.88. The molecule has 0 aliphatic carbocycles. The Morgan fingerprint density at radius 1 is 1.65 bits per heavy atom. The van der Waals surface area contributed by atoms with Gasteiger partial charge < -0.3 is 10.1 Å². The van der Waals surface area contributed by atoms with Crippen LogP contribution in [0.4, 0.5) is 5.00 Å². The van der Waals surface area contributed by atoms with E-state index in [2.05, 4.69) is 24.1 Å². The molecule has 0 aromatic carbocycles. The summed E-state index contributed by atoms with van der Waals surface area (Å²) in [5, 5.41) is 3.86. The number of hydrogen-bond donors (Lipinski definition) is 1. The van der Waals surface area contributed by atoms with Crippen molar-refractivity contribution in [2.45, 2.75) is 32.6 Å². The number of hydrogen-bond acceptors (Lipinski definition) is 4.